The first kappa shape index (κ1) is 14.3. The first-order chi connectivity index (χ1) is 9.61. The smallest absolute Gasteiger partial charge is 0.356 e. The highest BCUT2D eigenvalue weighted by Gasteiger charge is 2.15. The van der Waals surface area contributed by atoms with E-state index in [2.05, 4.69) is 15.3 Å². The number of carbonyl (C=O) groups is 1. The summed E-state index contributed by atoms with van der Waals surface area (Å²) in [6.07, 6.45) is 3.45. The maximum Gasteiger partial charge on any atom is 0.356 e. The Morgan fingerprint density at radius 3 is 2.80 bits per heavy atom. The lowest BCUT2D eigenvalue weighted by Gasteiger charge is -2.12. The lowest BCUT2D eigenvalue weighted by Crippen LogP contribution is -2.23. The Bertz CT molecular complexity index is 623. The quantitative estimate of drug-likeness (QED) is 0.512. The van der Waals surface area contributed by atoms with Gasteiger partial charge in [-0.3, -0.25) is 4.98 Å². The summed E-state index contributed by atoms with van der Waals surface area (Å²) in [4.78, 5) is 19.6. The number of methoxy groups -OCH3 is 1. The van der Waals surface area contributed by atoms with E-state index in [9.17, 15) is 4.79 Å². The predicted molar refractivity (Wildman–Crippen MR) is 80.3 cm³/mol. The van der Waals surface area contributed by atoms with Crippen molar-refractivity contribution in [3.8, 4) is 0 Å². The third kappa shape index (κ3) is 3.27. The number of carbonyl (C=O) groups excluding carboxylic acids is 1. The molecule has 0 radical (unpaired) electrons. The Morgan fingerprint density at radius 1 is 1.45 bits per heavy atom. The number of esters is 1. The Labute approximate surface area is 122 Å². The zero-order valence-electron chi connectivity index (χ0n) is 11.2. The molecule has 0 aromatic carbocycles. The Balaban J connectivity index is 2.23. The number of halogens is 1. The maximum absolute atomic E-state index is 11.6. The molecule has 0 aliphatic rings. The molecule has 2 heterocycles. The number of nitrogens with zero attached hydrogens (tertiary/aromatic N) is 2. The third-order valence-corrected chi connectivity index (χ3v) is 3.05. The van der Waals surface area contributed by atoms with Crippen LogP contribution in [0, 0.1) is 0 Å². The second-order valence-electron chi connectivity index (χ2n) is 4.17. The summed E-state index contributed by atoms with van der Waals surface area (Å²) < 4.78 is 4.69. The van der Waals surface area contributed by atoms with Gasteiger partial charge in [0.05, 0.1) is 7.11 Å². The lowest BCUT2D eigenvalue weighted by molar-refractivity contribution is 0.0596. The average Bonchev–Trinajstić information content (AvgIpc) is 2.48. The van der Waals surface area contributed by atoms with Gasteiger partial charge in [0.15, 0.2) is 0 Å². The number of anilines is 1. The molecule has 0 fully saturated rings. The molecule has 1 N–H and O–H groups in total. The van der Waals surface area contributed by atoms with Gasteiger partial charge in [0.1, 0.15) is 18.7 Å². The number of rotatable bonds is 4. The molecular weight excluding hydrogens is 276 g/mol. The van der Waals surface area contributed by atoms with Crippen LogP contribution in [0.5, 0.6) is 0 Å². The van der Waals surface area contributed by atoms with Gasteiger partial charge in [0, 0.05) is 24.6 Å². The van der Waals surface area contributed by atoms with Gasteiger partial charge in [-0.2, -0.15) is 0 Å². The molecule has 20 heavy (non-hydrogen) atoms. The van der Waals surface area contributed by atoms with Crippen molar-refractivity contribution >= 4 is 36.6 Å². The van der Waals surface area contributed by atoms with Crippen LogP contribution in [0.1, 0.15) is 16.1 Å². The summed E-state index contributed by atoms with van der Waals surface area (Å²) in [6.45, 7) is 0.602. The highest BCUT2D eigenvalue weighted by Crippen LogP contribution is 2.14. The number of nitrogens with one attached hydrogen (secondary N) is 1. The van der Waals surface area contributed by atoms with Gasteiger partial charge in [0.2, 0.25) is 0 Å². The number of ether oxygens (including phenoxy) is 1. The van der Waals surface area contributed by atoms with Gasteiger partial charge >= 0.3 is 5.97 Å². The first-order valence-electron chi connectivity index (χ1n) is 6.00. The molecule has 2 aromatic heterocycles. The normalized spacial score (nSPS) is 10.1. The van der Waals surface area contributed by atoms with Crippen LogP contribution in [0.4, 0.5) is 5.69 Å². The average molecular weight is 290 g/mol. The minimum absolute atomic E-state index is 0.220. The molecule has 0 saturated carbocycles. The van der Waals surface area contributed by atoms with E-state index in [1.54, 1.807) is 26.3 Å². The second kappa shape index (κ2) is 6.39. The molecule has 102 valence electrons. The molecule has 0 amide bonds. The molecule has 0 aliphatic heterocycles. The third-order valence-electron chi connectivity index (χ3n) is 2.85. The fraction of sp³-hybridized carbons (Fsp3) is 0.154. The van der Waals surface area contributed by atoms with Gasteiger partial charge in [-0.15, -0.1) is 0 Å². The Hall–Kier alpha value is -2.08. The van der Waals surface area contributed by atoms with Crippen molar-refractivity contribution in [2.75, 3.05) is 12.4 Å². The molecule has 0 saturated heterocycles. The Kier molecular flexibility index (Phi) is 4.58. The highest BCUT2D eigenvalue weighted by molar-refractivity contribution is 6.40. The lowest BCUT2D eigenvalue weighted by atomic mass is 9.92. The highest BCUT2D eigenvalue weighted by atomic mass is 35.5. The van der Waals surface area contributed by atoms with Crippen molar-refractivity contribution in [1.29, 1.82) is 0 Å². The van der Waals surface area contributed by atoms with Crippen LogP contribution in [0.3, 0.4) is 0 Å². The zero-order chi connectivity index (χ0) is 14.5. The molecular formula is C13H13BClN3O2. The van der Waals surface area contributed by atoms with E-state index in [1.807, 2.05) is 12.1 Å². The van der Waals surface area contributed by atoms with E-state index < -0.39 is 5.97 Å². The molecule has 0 atom stereocenters. The summed E-state index contributed by atoms with van der Waals surface area (Å²) in [7, 11) is 3.11. The molecule has 0 bridgehead atoms. The van der Waals surface area contributed by atoms with Gasteiger partial charge in [0.25, 0.3) is 0 Å². The topological polar surface area (TPSA) is 64.1 Å². The fourth-order valence-corrected chi connectivity index (χ4v) is 1.95. The van der Waals surface area contributed by atoms with Crippen molar-refractivity contribution in [1.82, 2.24) is 9.97 Å². The molecule has 2 aromatic rings. The summed E-state index contributed by atoms with van der Waals surface area (Å²) in [6, 6.07) is 5.50. The van der Waals surface area contributed by atoms with Crippen molar-refractivity contribution in [3.05, 3.63) is 47.0 Å². The summed E-state index contributed by atoms with van der Waals surface area (Å²) in [5.74, 6) is -0.503. The van der Waals surface area contributed by atoms with Crippen LogP contribution < -0.4 is 10.8 Å². The summed E-state index contributed by atoms with van der Waals surface area (Å²) >= 11 is 5.94. The van der Waals surface area contributed by atoms with Crippen molar-refractivity contribution in [3.63, 3.8) is 0 Å². The van der Waals surface area contributed by atoms with E-state index >= 15 is 0 Å². The molecule has 2 rings (SSSR count). The van der Waals surface area contributed by atoms with Crippen molar-refractivity contribution < 1.29 is 9.53 Å². The van der Waals surface area contributed by atoms with Crippen molar-refractivity contribution in [2.24, 2.45) is 0 Å². The molecule has 0 spiro atoms. The van der Waals surface area contributed by atoms with Crippen LogP contribution in [0.2, 0.25) is 5.15 Å². The molecule has 7 heteroatoms. The first-order valence-corrected chi connectivity index (χ1v) is 6.38. The van der Waals surface area contributed by atoms with Crippen LogP contribution in [-0.4, -0.2) is 30.9 Å². The van der Waals surface area contributed by atoms with E-state index in [1.165, 1.54) is 7.11 Å². The minimum Gasteiger partial charge on any atom is -0.464 e. The van der Waals surface area contributed by atoms with Crippen molar-refractivity contribution in [2.45, 2.75) is 6.54 Å². The number of hydrogen-bond donors (Lipinski definition) is 1. The molecule has 5 nitrogen and oxygen atoms in total. The Morgan fingerprint density at radius 2 is 2.15 bits per heavy atom. The van der Waals surface area contributed by atoms with E-state index in [0.29, 0.717) is 12.0 Å². The van der Waals surface area contributed by atoms with Gasteiger partial charge < -0.3 is 10.1 Å². The second-order valence-corrected chi connectivity index (χ2v) is 4.55. The van der Waals surface area contributed by atoms with Crippen LogP contribution >= 0.6 is 11.6 Å². The summed E-state index contributed by atoms with van der Waals surface area (Å²) in [5, 5.41) is 3.47. The zero-order valence-corrected chi connectivity index (χ0v) is 11.9. The van der Waals surface area contributed by atoms with Gasteiger partial charge in [-0.25, -0.2) is 9.78 Å². The van der Waals surface area contributed by atoms with Gasteiger partial charge in [-0.05, 0) is 29.2 Å². The SMILES string of the molecule is Bc1c(NCc2ccncc2)cc(Cl)nc1C(=O)OC. The maximum atomic E-state index is 11.6. The summed E-state index contributed by atoms with van der Waals surface area (Å²) in [5.41, 5.74) is 2.75. The van der Waals surface area contributed by atoms with Crippen LogP contribution in [0.15, 0.2) is 30.6 Å². The van der Waals surface area contributed by atoms with Crippen LogP contribution in [-0.2, 0) is 11.3 Å². The van der Waals surface area contributed by atoms with E-state index in [4.69, 9.17) is 16.3 Å². The fourth-order valence-electron chi connectivity index (χ4n) is 1.75. The standard InChI is InChI=1S/C13H13BClN3O2/c1-20-13(19)12-11(14)9(6-10(15)18-12)17-7-8-2-4-16-5-3-8/h2-6H,7,14H2,1H3,(H,17,18). The minimum atomic E-state index is -0.503. The van der Waals surface area contributed by atoms with E-state index in [-0.39, 0.29) is 10.8 Å². The molecule has 0 unspecified atom stereocenters. The number of pyridine rings is 2. The number of aromatic nitrogens is 2. The van der Waals surface area contributed by atoms with E-state index in [0.717, 1.165) is 11.3 Å². The number of hydrogen-bond acceptors (Lipinski definition) is 5. The largest absolute Gasteiger partial charge is 0.464 e. The molecule has 0 aliphatic carbocycles. The van der Waals surface area contributed by atoms with Crippen LogP contribution in [0.25, 0.3) is 0 Å². The van der Waals surface area contributed by atoms with Gasteiger partial charge in [-0.1, -0.05) is 11.6 Å². The predicted octanol–water partition coefficient (Wildman–Crippen LogP) is 0.787. The monoisotopic (exact) mass is 289 g/mol.